The molecule has 0 fully saturated rings. The molecule has 68 heavy (non-hydrogen) atoms. The highest BCUT2D eigenvalue weighted by Crippen LogP contribution is 2.55. The number of fused-ring (bicyclic) bond motifs is 11. The minimum absolute atomic E-state index is 0.0425. The van der Waals surface area contributed by atoms with E-state index in [1.54, 1.807) is 11.8 Å². The van der Waals surface area contributed by atoms with Crippen molar-refractivity contribution >= 4 is 106 Å². The van der Waals surface area contributed by atoms with Crippen molar-refractivity contribution in [2.45, 2.75) is 42.9 Å². The van der Waals surface area contributed by atoms with Gasteiger partial charge in [-0.1, -0.05) is 142 Å². The molecule has 4 nitrogen and oxygen atoms in total. The fourth-order valence-electron chi connectivity index (χ4n) is 11.1. The fourth-order valence-corrected chi connectivity index (χ4v) is 13.3. The zero-order valence-electron chi connectivity index (χ0n) is 38.1. The normalized spacial score (nSPS) is 13.3. The number of anilines is 6. The molecular weight excluding hydrogens is 866 g/mol. The van der Waals surface area contributed by atoms with Crippen LogP contribution in [-0.2, 0) is 5.41 Å². The molecule has 0 radical (unpaired) electrons. The molecule has 0 spiro atoms. The summed E-state index contributed by atoms with van der Waals surface area (Å²) >= 11 is 3.71. The maximum absolute atomic E-state index is 6.92. The van der Waals surface area contributed by atoms with Crippen LogP contribution in [0.5, 0.6) is 11.5 Å². The molecule has 11 aromatic rings. The highest BCUT2D eigenvalue weighted by Gasteiger charge is 2.45. The van der Waals surface area contributed by atoms with E-state index in [9.17, 15) is 0 Å². The van der Waals surface area contributed by atoms with Crippen LogP contribution in [-0.4, -0.2) is 11.3 Å². The highest BCUT2D eigenvalue weighted by atomic mass is 32.2. The van der Waals surface area contributed by atoms with Gasteiger partial charge < -0.3 is 19.0 Å². The smallest absolute Gasteiger partial charge is 0.333 e. The number of hydrogen-bond acceptors (Lipinski definition) is 5. The van der Waals surface area contributed by atoms with Crippen molar-refractivity contribution in [1.82, 2.24) is 4.48 Å². The van der Waals surface area contributed by atoms with E-state index in [1.807, 2.05) is 11.3 Å². The standard InChI is InChI=1S/C61H44BN3OS2/c1-37-30-45-46-33-42(63(40-20-10-6-11-21-40)41-22-12-7-13-23-41)34-47-58(46)65(59-43-24-14-16-26-54(43)68-60(47)59)62-48-35-53-56(67-55-27-17-15-25-52(55)66-53)36-50(48)64(51(31-37)57(45)62)49-29-28-39(61(2,3)4)32-44(49)38-18-8-5-9-19-38/h5-36H,1-4H3. The summed E-state index contributed by atoms with van der Waals surface area (Å²) in [5.41, 5.74) is 19.4. The van der Waals surface area contributed by atoms with Crippen molar-refractivity contribution in [3.8, 4) is 33.8 Å². The first kappa shape index (κ1) is 39.7. The second-order valence-corrected chi connectivity index (χ2v) is 21.5. The molecule has 2 aromatic heterocycles. The number of thiophene rings is 1. The molecule has 0 unspecified atom stereocenters. The lowest BCUT2D eigenvalue weighted by Gasteiger charge is -2.42. The second-order valence-electron chi connectivity index (χ2n) is 19.4. The Morgan fingerprint density at radius 2 is 1.24 bits per heavy atom. The summed E-state index contributed by atoms with van der Waals surface area (Å²) in [7, 11) is 0. The SMILES string of the molecule is Cc1cc2c3c(c1)N(c1ccc(C(C)(C)C)cc1-c1ccccc1)c1cc4c(cc1B3n1c3c-2cc(N(c2ccccc2)c2ccccc2)cc3c2sc3ccccc3c21)Oc1ccccc1S4. The van der Waals surface area contributed by atoms with E-state index in [0.29, 0.717) is 0 Å². The lowest BCUT2D eigenvalue weighted by atomic mass is 9.45. The predicted molar refractivity (Wildman–Crippen MR) is 290 cm³/mol. The van der Waals surface area contributed by atoms with Crippen LogP contribution in [0.2, 0.25) is 0 Å². The molecule has 0 aliphatic carbocycles. The molecule has 0 bridgehead atoms. The maximum Gasteiger partial charge on any atom is 0.333 e. The van der Waals surface area contributed by atoms with Crippen LogP contribution in [0.4, 0.5) is 34.1 Å². The highest BCUT2D eigenvalue weighted by molar-refractivity contribution is 7.99. The Kier molecular flexibility index (Phi) is 8.63. The van der Waals surface area contributed by atoms with Crippen LogP contribution >= 0.6 is 23.1 Å². The lowest BCUT2D eigenvalue weighted by Crippen LogP contribution is -2.56. The van der Waals surface area contributed by atoms with Gasteiger partial charge in [0.25, 0.3) is 0 Å². The van der Waals surface area contributed by atoms with E-state index >= 15 is 0 Å². The Labute approximate surface area is 404 Å². The molecule has 3 aliphatic rings. The quantitative estimate of drug-likeness (QED) is 0.160. The lowest BCUT2D eigenvalue weighted by molar-refractivity contribution is 0.455. The van der Waals surface area contributed by atoms with Crippen LogP contribution in [0.3, 0.4) is 0 Å². The topological polar surface area (TPSA) is 20.6 Å². The number of benzene rings is 9. The largest absolute Gasteiger partial charge is 0.455 e. The molecule has 0 amide bonds. The van der Waals surface area contributed by atoms with Gasteiger partial charge in [-0.05, 0) is 130 Å². The molecule has 0 saturated heterocycles. The molecule has 9 aromatic carbocycles. The Morgan fingerprint density at radius 3 is 2.00 bits per heavy atom. The zero-order chi connectivity index (χ0) is 45.4. The Bertz CT molecular complexity index is 3830. The van der Waals surface area contributed by atoms with Crippen LogP contribution in [0.25, 0.3) is 53.5 Å². The van der Waals surface area contributed by atoms with E-state index in [0.717, 1.165) is 44.0 Å². The number of aryl methyl sites for hydroxylation is 1. The summed E-state index contributed by atoms with van der Waals surface area (Å²) in [4.78, 5) is 7.25. The average Bonchev–Trinajstić information content (AvgIpc) is 3.90. The summed E-state index contributed by atoms with van der Waals surface area (Å²) in [6, 6.07) is 71.8. The van der Waals surface area contributed by atoms with Crippen LogP contribution in [0.15, 0.2) is 204 Å². The third-order valence-electron chi connectivity index (χ3n) is 14.1. The Hall–Kier alpha value is -7.45. The van der Waals surface area contributed by atoms with Gasteiger partial charge in [-0.25, -0.2) is 0 Å². The predicted octanol–water partition coefficient (Wildman–Crippen LogP) is 16.4. The van der Waals surface area contributed by atoms with Gasteiger partial charge in [0.1, 0.15) is 11.5 Å². The molecule has 0 atom stereocenters. The van der Waals surface area contributed by atoms with Crippen molar-refractivity contribution in [1.29, 1.82) is 0 Å². The third-order valence-corrected chi connectivity index (χ3v) is 16.4. The van der Waals surface area contributed by atoms with Crippen LogP contribution in [0, 0.1) is 6.92 Å². The van der Waals surface area contributed by atoms with Gasteiger partial charge in [-0.3, -0.25) is 0 Å². The molecule has 324 valence electrons. The van der Waals surface area contributed by atoms with Gasteiger partial charge in [-0.2, -0.15) is 0 Å². The number of para-hydroxylation sites is 3. The number of rotatable bonds is 5. The van der Waals surface area contributed by atoms with Crippen molar-refractivity contribution in [3.05, 3.63) is 205 Å². The summed E-state index contributed by atoms with van der Waals surface area (Å²) in [6.07, 6.45) is 0. The Morgan fingerprint density at radius 1 is 0.529 bits per heavy atom. The van der Waals surface area contributed by atoms with E-state index in [1.165, 1.54) is 86.9 Å². The number of nitrogens with zero attached hydrogens (tertiary/aromatic N) is 3. The second kappa shape index (κ2) is 14.8. The molecule has 3 aliphatic heterocycles. The molecule has 14 rings (SSSR count). The van der Waals surface area contributed by atoms with Gasteiger partial charge in [0.05, 0.1) is 25.7 Å². The average molecular weight is 910 g/mol. The van der Waals surface area contributed by atoms with Crippen LogP contribution < -0.4 is 25.5 Å². The molecule has 5 heterocycles. The first-order chi connectivity index (χ1) is 33.3. The Balaban J connectivity index is 1.12. The van der Waals surface area contributed by atoms with Crippen LogP contribution in [0.1, 0.15) is 31.9 Å². The van der Waals surface area contributed by atoms with Gasteiger partial charge in [0, 0.05) is 60.6 Å². The monoisotopic (exact) mass is 909 g/mol. The molecule has 7 heteroatoms. The zero-order valence-corrected chi connectivity index (χ0v) is 39.8. The van der Waals surface area contributed by atoms with Crippen molar-refractivity contribution in [2.75, 3.05) is 9.80 Å². The summed E-state index contributed by atoms with van der Waals surface area (Å²) < 4.78 is 12.2. The summed E-state index contributed by atoms with van der Waals surface area (Å²) in [5.74, 6) is 1.80. The maximum atomic E-state index is 6.92. The van der Waals surface area contributed by atoms with Gasteiger partial charge in [-0.15, -0.1) is 11.3 Å². The van der Waals surface area contributed by atoms with Crippen molar-refractivity contribution in [2.24, 2.45) is 0 Å². The molecule has 0 N–H and O–H groups in total. The molecule has 0 saturated carbocycles. The minimum Gasteiger partial charge on any atom is -0.455 e. The first-order valence-electron chi connectivity index (χ1n) is 23.4. The number of ether oxygens (including phenoxy) is 1. The van der Waals surface area contributed by atoms with Gasteiger partial charge >= 0.3 is 6.85 Å². The van der Waals surface area contributed by atoms with Gasteiger partial charge in [0.15, 0.2) is 0 Å². The van der Waals surface area contributed by atoms with E-state index in [4.69, 9.17) is 4.74 Å². The number of hydrogen-bond donors (Lipinski definition) is 0. The summed E-state index contributed by atoms with van der Waals surface area (Å²) in [6.45, 7) is 9.06. The summed E-state index contributed by atoms with van der Waals surface area (Å²) in [5, 5.41) is 2.55. The fraction of sp³-hybridized carbons (Fsp3) is 0.0820. The van der Waals surface area contributed by atoms with E-state index in [2.05, 4.69) is 236 Å². The van der Waals surface area contributed by atoms with Crippen molar-refractivity contribution < 1.29 is 4.74 Å². The number of aromatic nitrogens is 1. The van der Waals surface area contributed by atoms with E-state index in [-0.39, 0.29) is 12.3 Å². The molecular formula is C61H44BN3OS2. The first-order valence-corrected chi connectivity index (χ1v) is 25.1. The van der Waals surface area contributed by atoms with E-state index < -0.39 is 0 Å². The minimum atomic E-state index is -0.146. The van der Waals surface area contributed by atoms with Gasteiger partial charge in [0.2, 0.25) is 0 Å². The van der Waals surface area contributed by atoms with Crippen molar-refractivity contribution in [3.63, 3.8) is 0 Å². The third kappa shape index (κ3) is 5.88.